The zero-order chi connectivity index (χ0) is 19.5. The van der Waals surface area contributed by atoms with Gasteiger partial charge in [-0.1, -0.05) is 12.1 Å². The fourth-order valence-electron chi connectivity index (χ4n) is 3.37. The van der Waals surface area contributed by atoms with E-state index in [0.29, 0.717) is 5.56 Å². The number of pyridine rings is 2. The first-order valence-electron chi connectivity index (χ1n) is 9.06. The molecule has 1 N–H and O–H groups in total. The van der Waals surface area contributed by atoms with Crippen LogP contribution in [0, 0.1) is 5.82 Å². The Balaban J connectivity index is 1.82. The number of nitrogens with one attached hydrogen (secondary N) is 1. The molecule has 4 rings (SSSR count). The molecule has 0 unspecified atom stereocenters. The van der Waals surface area contributed by atoms with Crippen LogP contribution in [0.4, 0.5) is 4.39 Å². The highest BCUT2D eigenvalue weighted by Crippen LogP contribution is 2.31. The van der Waals surface area contributed by atoms with Crippen molar-refractivity contribution in [2.75, 3.05) is 0 Å². The molecule has 0 saturated heterocycles. The minimum atomic E-state index is -0.432. The summed E-state index contributed by atoms with van der Waals surface area (Å²) < 4.78 is 15.6. The molecule has 1 amide bonds. The third kappa shape index (κ3) is 3.36. The normalized spacial score (nSPS) is 12.1. The van der Waals surface area contributed by atoms with Crippen molar-refractivity contribution in [2.45, 2.75) is 19.5 Å². The molecule has 6 heteroatoms. The zero-order valence-electron chi connectivity index (χ0n) is 15.3. The number of rotatable bonds is 5. The fourth-order valence-corrected chi connectivity index (χ4v) is 3.37. The van der Waals surface area contributed by atoms with E-state index in [1.54, 1.807) is 42.9 Å². The third-order valence-corrected chi connectivity index (χ3v) is 4.79. The van der Waals surface area contributed by atoms with E-state index in [9.17, 15) is 9.18 Å². The molecule has 0 aliphatic carbocycles. The van der Waals surface area contributed by atoms with Crippen molar-refractivity contribution in [1.29, 1.82) is 0 Å². The number of nitrogens with zero attached hydrogens (tertiary/aromatic N) is 3. The average molecular weight is 374 g/mol. The van der Waals surface area contributed by atoms with Gasteiger partial charge in [0.25, 0.3) is 5.91 Å². The number of hydrogen-bond acceptors (Lipinski definition) is 3. The summed E-state index contributed by atoms with van der Waals surface area (Å²) in [5, 5.41) is 4.09. The Labute approximate surface area is 161 Å². The number of aryl methyl sites for hydroxylation is 1. The van der Waals surface area contributed by atoms with E-state index >= 15 is 0 Å². The van der Waals surface area contributed by atoms with Gasteiger partial charge in [-0.05, 0) is 42.8 Å². The van der Waals surface area contributed by atoms with Crippen molar-refractivity contribution < 1.29 is 9.18 Å². The quantitative estimate of drug-likeness (QED) is 0.572. The Morgan fingerprint density at radius 2 is 1.79 bits per heavy atom. The molecule has 0 fully saturated rings. The van der Waals surface area contributed by atoms with E-state index in [0.717, 1.165) is 28.6 Å². The molecule has 0 aliphatic rings. The second-order valence-electron chi connectivity index (χ2n) is 6.46. The summed E-state index contributed by atoms with van der Waals surface area (Å²) in [6.07, 6.45) is 8.73. The van der Waals surface area contributed by atoms with Gasteiger partial charge in [0.05, 0.1) is 17.8 Å². The molecule has 140 valence electrons. The van der Waals surface area contributed by atoms with Crippen LogP contribution in [-0.2, 0) is 6.54 Å². The molecule has 0 spiro atoms. The Bertz CT molecular complexity index is 1110. The van der Waals surface area contributed by atoms with Crippen LogP contribution in [0.2, 0.25) is 0 Å². The van der Waals surface area contributed by atoms with Crippen molar-refractivity contribution in [1.82, 2.24) is 19.9 Å². The molecule has 5 nitrogen and oxygen atoms in total. The van der Waals surface area contributed by atoms with Crippen molar-refractivity contribution >= 4 is 16.8 Å². The number of halogens is 1. The lowest BCUT2D eigenvalue weighted by molar-refractivity contribution is 0.0943. The van der Waals surface area contributed by atoms with Gasteiger partial charge >= 0.3 is 0 Å². The lowest BCUT2D eigenvalue weighted by Gasteiger charge is -2.19. The van der Waals surface area contributed by atoms with Crippen LogP contribution < -0.4 is 5.32 Å². The molecule has 3 heterocycles. The van der Waals surface area contributed by atoms with E-state index in [1.165, 1.54) is 12.1 Å². The maximum absolute atomic E-state index is 13.5. The molecule has 0 aliphatic heterocycles. The van der Waals surface area contributed by atoms with Crippen molar-refractivity contribution in [3.8, 4) is 0 Å². The maximum Gasteiger partial charge on any atom is 0.252 e. The van der Waals surface area contributed by atoms with Gasteiger partial charge in [-0.15, -0.1) is 0 Å². The number of carbonyl (C=O) groups is 1. The van der Waals surface area contributed by atoms with Gasteiger partial charge in [0, 0.05) is 47.8 Å². The van der Waals surface area contributed by atoms with Gasteiger partial charge in [-0.25, -0.2) is 4.39 Å². The summed E-state index contributed by atoms with van der Waals surface area (Å²) >= 11 is 0. The van der Waals surface area contributed by atoms with Gasteiger partial charge in [0.2, 0.25) is 0 Å². The summed E-state index contributed by atoms with van der Waals surface area (Å²) in [4.78, 5) is 21.0. The SMILES string of the molecule is CCn1cc([C@H](NC(=O)c2ccncc2)c2ccc(F)cc2)c2ccncc21. The van der Waals surface area contributed by atoms with Gasteiger partial charge in [0.1, 0.15) is 5.82 Å². The van der Waals surface area contributed by atoms with Crippen LogP contribution in [0.15, 0.2) is 73.4 Å². The highest BCUT2D eigenvalue weighted by atomic mass is 19.1. The van der Waals surface area contributed by atoms with Crippen molar-refractivity contribution in [3.63, 3.8) is 0 Å². The second kappa shape index (κ2) is 7.60. The second-order valence-corrected chi connectivity index (χ2v) is 6.46. The summed E-state index contributed by atoms with van der Waals surface area (Å²) in [6.45, 7) is 2.83. The molecule has 28 heavy (non-hydrogen) atoms. The summed E-state index contributed by atoms with van der Waals surface area (Å²) in [7, 11) is 0. The predicted octanol–water partition coefficient (Wildman–Crippen LogP) is 4.11. The number of hydrogen-bond donors (Lipinski definition) is 1. The minimum Gasteiger partial charge on any atom is -0.346 e. The summed E-state index contributed by atoms with van der Waals surface area (Å²) in [6, 6.07) is 11.0. The Morgan fingerprint density at radius 3 is 2.50 bits per heavy atom. The Morgan fingerprint density at radius 1 is 1.07 bits per heavy atom. The Hall–Kier alpha value is -3.54. The molecule has 0 saturated carbocycles. The number of benzene rings is 1. The number of carbonyl (C=O) groups excluding carboxylic acids is 1. The zero-order valence-corrected chi connectivity index (χ0v) is 15.3. The van der Waals surface area contributed by atoms with Crippen molar-refractivity contribution in [3.05, 3.63) is 96.0 Å². The van der Waals surface area contributed by atoms with Crippen LogP contribution in [0.1, 0.15) is 34.5 Å². The lowest BCUT2D eigenvalue weighted by atomic mass is 9.98. The lowest BCUT2D eigenvalue weighted by Crippen LogP contribution is -2.29. The van der Waals surface area contributed by atoms with Gasteiger partial charge in [-0.3, -0.25) is 14.8 Å². The first-order chi connectivity index (χ1) is 13.7. The molecule has 4 aromatic rings. The summed E-state index contributed by atoms with van der Waals surface area (Å²) in [5.41, 5.74) is 3.25. The summed E-state index contributed by atoms with van der Waals surface area (Å²) in [5.74, 6) is -0.536. The van der Waals surface area contributed by atoms with E-state index in [1.807, 2.05) is 18.5 Å². The highest BCUT2D eigenvalue weighted by molar-refractivity contribution is 5.95. The molecular formula is C22H19FN4O. The van der Waals surface area contributed by atoms with Crippen molar-refractivity contribution in [2.24, 2.45) is 0 Å². The first kappa shape index (κ1) is 17.9. The maximum atomic E-state index is 13.5. The van der Waals surface area contributed by atoms with Gasteiger partial charge in [0.15, 0.2) is 0 Å². The number of aromatic nitrogens is 3. The monoisotopic (exact) mass is 374 g/mol. The minimum absolute atomic E-state index is 0.219. The predicted molar refractivity (Wildman–Crippen MR) is 105 cm³/mol. The molecular weight excluding hydrogens is 355 g/mol. The van der Waals surface area contributed by atoms with E-state index in [4.69, 9.17) is 0 Å². The Kier molecular flexibility index (Phi) is 4.85. The largest absolute Gasteiger partial charge is 0.346 e. The number of amides is 1. The standard InChI is InChI=1S/C22H19FN4O/c1-2-27-14-19(18-9-12-25-13-20(18)27)21(15-3-5-17(23)6-4-15)26-22(28)16-7-10-24-11-8-16/h3-14,21H,2H2,1H3,(H,26,28)/t21-/m1/s1. The van der Waals surface area contributed by atoms with Crippen LogP contribution in [0.3, 0.4) is 0 Å². The fraction of sp³-hybridized carbons (Fsp3) is 0.136. The smallest absolute Gasteiger partial charge is 0.252 e. The topological polar surface area (TPSA) is 59.8 Å². The van der Waals surface area contributed by atoms with Crippen LogP contribution in [0.25, 0.3) is 10.9 Å². The number of fused-ring (bicyclic) bond motifs is 1. The molecule has 1 atom stereocenters. The van der Waals surface area contributed by atoms with Crippen LogP contribution in [-0.4, -0.2) is 20.4 Å². The van der Waals surface area contributed by atoms with E-state index < -0.39 is 6.04 Å². The third-order valence-electron chi connectivity index (χ3n) is 4.79. The molecule has 1 aromatic carbocycles. The van der Waals surface area contributed by atoms with E-state index in [-0.39, 0.29) is 11.7 Å². The molecule has 0 bridgehead atoms. The van der Waals surface area contributed by atoms with Gasteiger partial charge in [-0.2, -0.15) is 0 Å². The van der Waals surface area contributed by atoms with Crippen LogP contribution >= 0.6 is 0 Å². The molecule has 0 radical (unpaired) electrons. The van der Waals surface area contributed by atoms with Gasteiger partial charge < -0.3 is 9.88 Å². The van der Waals surface area contributed by atoms with Crippen LogP contribution in [0.5, 0.6) is 0 Å². The first-order valence-corrected chi connectivity index (χ1v) is 9.06. The highest BCUT2D eigenvalue weighted by Gasteiger charge is 2.22. The average Bonchev–Trinajstić information content (AvgIpc) is 3.12. The van der Waals surface area contributed by atoms with E-state index in [2.05, 4.69) is 26.8 Å². The molecule has 3 aromatic heterocycles.